The first-order valence-corrected chi connectivity index (χ1v) is 6.63. The number of rotatable bonds is 6. The fourth-order valence-electron chi connectivity index (χ4n) is 1.95. The maximum atomic E-state index is 11.9. The van der Waals surface area contributed by atoms with Crippen molar-refractivity contribution < 1.29 is 14.7 Å². The zero-order valence-corrected chi connectivity index (χ0v) is 11.5. The molecule has 0 aliphatic heterocycles. The van der Waals surface area contributed by atoms with Crippen LogP contribution in [0.5, 0.6) is 0 Å². The summed E-state index contributed by atoms with van der Waals surface area (Å²) in [6, 6.07) is 10.8. The van der Waals surface area contributed by atoms with Gasteiger partial charge in [-0.15, -0.1) is 0 Å². The molecule has 1 amide bonds. The smallest absolute Gasteiger partial charge is 0.303 e. The Balaban J connectivity index is 1.94. The van der Waals surface area contributed by atoms with Crippen LogP contribution < -0.4 is 5.32 Å². The molecule has 0 aliphatic rings. The van der Waals surface area contributed by atoms with Crippen LogP contribution in [0.2, 0.25) is 0 Å². The van der Waals surface area contributed by atoms with E-state index in [0.29, 0.717) is 12.1 Å². The van der Waals surface area contributed by atoms with Crippen LogP contribution in [0.3, 0.4) is 0 Å². The SMILES string of the molecule is O=C(O)CCc1cccc(NC(=O)Cc2ccncc2)c1. The van der Waals surface area contributed by atoms with Gasteiger partial charge < -0.3 is 10.4 Å². The molecule has 0 saturated heterocycles. The molecule has 2 N–H and O–H groups in total. The molecule has 1 heterocycles. The molecule has 1 aromatic heterocycles. The van der Waals surface area contributed by atoms with Gasteiger partial charge in [0.25, 0.3) is 0 Å². The lowest BCUT2D eigenvalue weighted by molar-refractivity contribution is -0.137. The zero-order valence-electron chi connectivity index (χ0n) is 11.5. The molecule has 2 aromatic rings. The van der Waals surface area contributed by atoms with E-state index in [1.165, 1.54) is 0 Å². The predicted octanol–water partition coefficient (Wildman–Crippen LogP) is 2.28. The van der Waals surface area contributed by atoms with E-state index in [1.54, 1.807) is 42.7 Å². The number of carboxylic acid groups (broad SMARTS) is 1. The summed E-state index contributed by atoms with van der Waals surface area (Å²) in [5.41, 5.74) is 2.46. The highest BCUT2D eigenvalue weighted by atomic mass is 16.4. The van der Waals surface area contributed by atoms with E-state index in [2.05, 4.69) is 10.3 Å². The highest BCUT2D eigenvalue weighted by Crippen LogP contribution is 2.13. The van der Waals surface area contributed by atoms with Gasteiger partial charge in [0.05, 0.1) is 6.42 Å². The average molecular weight is 284 g/mol. The van der Waals surface area contributed by atoms with E-state index < -0.39 is 5.97 Å². The molecule has 0 fully saturated rings. The van der Waals surface area contributed by atoms with Gasteiger partial charge in [-0.1, -0.05) is 12.1 Å². The number of carboxylic acids is 1. The van der Waals surface area contributed by atoms with Crippen LogP contribution in [0.4, 0.5) is 5.69 Å². The molecule has 0 saturated carbocycles. The van der Waals surface area contributed by atoms with Gasteiger partial charge in [0, 0.05) is 24.5 Å². The molecule has 21 heavy (non-hydrogen) atoms. The molecule has 0 radical (unpaired) electrons. The second kappa shape index (κ2) is 7.19. The van der Waals surface area contributed by atoms with E-state index >= 15 is 0 Å². The Bertz CT molecular complexity index is 626. The van der Waals surface area contributed by atoms with E-state index in [4.69, 9.17) is 5.11 Å². The Labute approximate surface area is 122 Å². The molecular weight excluding hydrogens is 268 g/mol. The molecule has 0 aliphatic carbocycles. The zero-order chi connectivity index (χ0) is 15.1. The standard InChI is InChI=1S/C16H16N2O3/c19-15(11-13-6-8-17-9-7-13)18-14-3-1-2-12(10-14)4-5-16(20)21/h1-3,6-10H,4-5,11H2,(H,18,19)(H,20,21). The third-order valence-corrected chi connectivity index (χ3v) is 2.95. The Morgan fingerprint density at radius 2 is 1.86 bits per heavy atom. The monoisotopic (exact) mass is 284 g/mol. The number of benzene rings is 1. The van der Waals surface area contributed by atoms with E-state index in [9.17, 15) is 9.59 Å². The van der Waals surface area contributed by atoms with Crippen molar-refractivity contribution in [2.75, 3.05) is 5.32 Å². The number of hydrogen-bond donors (Lipinski definition) is 2. The second-order valence-electron chi connectivity index (χ2n) is 4.67. The quantitative estimate of drug-likeness (QED) is 0.853. The first kappa shape index (κ1) is 14.7. The summed E-state index contributed by atoms with van der Waals surface area (Å²) in [6.07, 6.45) is 4.10. The number of aryl methyl sites for hydroxylation is 1. The van der Waals surface area contributed by atoms with E-state index in [0.717, 1.165) is 11.1 Å². The lowest BCUT2D eigenvalue weighted by Gasteiger charge is -2.07. The first-order chi connectivity index (χ1) is 10.1. The van der Waals surface area contributed by atoms with Gasteiger partial charge in [-0.2, -0.15) is 0 Å². The van der Waals surface area contributed by atoms with Gasteiger partial charge in [0.1, 0.15) is 0 Å². The fourth-order valence-corrected chi connectivity index (χ4v) is 1.95. The summed E-state index contributed by atoms with van der Waals surface area (Å²) < 4.78 is 0. The van der Waals surface area contributed by atoms with E-state index in [-0.39, 0.29) is 18.7 Å². The number of carbonyl (C=O) groups excluding carboxylic acids is 1. The summed E-state index contributed by atoms with van der Waals surface area (Å²) >= 11 is 0. The van der Waals surface area contributed by atoms with Crippen LogP contribution in [0.25, 0.3) is 0 Å². The number of anilines is 1. The summed E-state index contributed by atoms with van der Waals surface area (Å²) in [4.78, 5) is 26.4. The fraction of sp³-hybridized carbons (Fsp3) is 0.188. The number of hydrogen-bond acceptors (Lipinski definition) is 3. The van der Waals surface area contributed by atoms with Crippen molar-refractivity contribution in [2.45, 2.75) is 19.3 Å². The maximum Gasteiger partial charge on any atom is 0.303 e. The van der Waals surface area contributed by atoms with E-state index in [1.807, 2.05) is 6.07 Å². The van der Waals surface area contributed by atoms with Gasteiger partial charge in [-0.3, -0.25) is 14.6 Å². The highest BCUT2D eigenvalue weighted by molar-refractivity contribution is 5.92. The predicted molar refractivity (Wildman–Crippen MR) is 79.0 cm³/mol. The van der Waals surface area contributed by atoms with Gasteiger partial charge in [0.2, 0.25) is 5.91 Å². The van der Waals surface area contributed by atoms with Gasteiger partial charge >= 0.3 is 5.97 Å². The molecule has 5 heteroatoms. The number of nitrogens with zero attached hydrogens (tertiary/aromatic N) is 1. The average Bonchev–Trinajstić information content (AvgIpc) is 2.46. The Kier molecular flexibility index (Phi) is 5.04. The minimum Gasteiger partial charge on any atom is -0.481 e. The summed E-state index contributed by atoms with van der Waals surface area (Å²) in [6.45, 7) is 0. The number of aliphatic carboxylic acids is 1. The lowest BCUT2D eigenvalue weighted by Crippen LogP contribution is -2.14. The van der Waals surface area contributed by atoms with Crippen molar-refractivity contribution in [2.24, 2.45) is 0 Å². The van der Waals surface area contributed by atoms with Crippen molar-refractivity contribution in [3.8, 4) is 0 Å². The minimum absolute atomic E-state index is 0.0778. The second-order valence-corrected chi connectivity index (χ2v) is 4.67. The van der Waals surface area contributed by atoms with Gasteiger partial charge in [-0.05, 0) is 41.8 Å². The van der Waals surface area contributed by atoms with Crippen LogP contribution >= 0.6 is 0 Å². The Morgan fingerprint density at radius 3 is 2.57 bits per heavy atom. The molecule has 5 nitrogen and oxygen atoms in total. The van der Waals surface area contributed by atoms with Crippen molar-refractivity contribution in [1.29, 1.82) is 0 Å². The summed E-state index contributed by atoms with van der Waals surface area (Å²) in [5.74, 6) is -0.946. The lowest BCUT2D eigenvalue weighted by atomic mass is 10.1. The minimum atomic E-state index is -0.831. The van der Waals surface area contributed by atoms with Crippen molar-refractivity contribution >= 4 is 17.6 Å². The summed E-state index contributed by atoms with van der Waals surface area (Å²) in [7, 11) is 0. The largest absolute Gasteiger partial charge is 0.481 e. The van der Waals surface area contributed by atoms with Gasteiger partial charge in [0.15, 0.2) is 0 Å². The number of nitrogens with one attached hydrogen (secondary N) is 1. The summed E-state index contributed by atoms with van der Waals surface area (Å²) in [5, 5.41) is 11.5. The highest BCUT2D eigenvalue weighted by Gasteiger charge is 2.05. The number of carbonyl (C=O) groups is 2. The first-order valence-electron chi connectivity index (χ1n) is 6.63. The molecule has 2 rings (SSSR count). The van der Waals surface area contributed by atoms with Crippen LogP contribution in [0.15, 0.2) is 48.8 Å². The number of pyridine rings is 1. The molecule has 108 valence electrons. The molecule has 0 unspecified atom stereocenters. The third kappa shape index (κ3) is 5.06. The van der Waals surface area contributed by atoms with Crippen molar-refractivity contribution in [1.82, 2.24) is 4.98 Å². The number of aromatic nitrogens is 1. The van der Waals surface area contributed by atoms with Crippen molar-refractivity contribution in [3.63, 3.8) is 0 Å². The molecule has 0 atom stereocenters. The van der Waals surface area contributed by atoms with Crippen molar-refractivity contribution in [3.05, 3.63) is 59.9 Å². The molecule has 0 bridgehead atoms. The Hall–Kier alpha value is -2.69. The molecule has 0 spiro atoms. The van der Waals surface area contributed by atoms with Crippen LogP contribution in [0, 0.1) is 0 Å². The molecular formula is C16H16N2O3. The van der Waals surface area contributed by atoms with Crippen LogP contribution in [0.1, 0.15) is 17.5 Å². The topological polar surface area (TPSA) is 79.3 Å². The third-order valence-electron chi connectivity index (χ3n) is 2.95. The molecule has 1 aromatic carbocycles. The maximum absolute atomic E-state index is 11.9. The van der Waals surface area contributed by atoms with Crippen LogP contribution in [-0.2, 0) is 22.4 Å². The normalized spacial score (nSPS) is 10.1. The van der Waals surface area contributed by atoms with Gasteiger partial charge in [-0.25, -0.2) is 0 Å². The Morgan fingerprint density at radius 1 is 1.10 bits per heavy atom. The van der Waals surface area contributed by atoms with Crippen LogP contribution in [-0.4, -0.2) is 22.0 Å². The number of amides is 1.